The average molecular weight is 624 g/mol. The average Bonchev–Trinajstić information content (AvgIpc) is 3.59. The molecular weight excluding hydrogens is 580 g/mol. The quantitative estimate of drug-likeness (QED) is 0.188. The van der Waals surface area contributed by atoms with Crippen LogP contribution in [0.1, 0.15) is 89.2 Å². The Labute approximate surface area is 263 Å². The summed E-state index contributed by atoms with van der Waals surface area (Å²) in [5, 5.41) is 37.9. The van der Waals surface area contributed by atoms with Crippen LogP contribution in [-0.4, -0.2) is 50.2 Å². The summed E-state index contributed by atoms with van der Waals surface area (Å²) in [6.07, 6.45) is 5.61. The maximum atomic E-state index is 12.5. The lowest BCUT2D eigenvalue weighted by molar-refractivity contribution is -0.222. The molecule has 5 atom stereocenters. The van der Waals surface area contributed by atoms with Gasteiger partial charge >= 0.3 is 11.9 Å². The Kier molecular flexibility index (Phi) is 10.2. The number of aromatic amines is 1. The number of carbonyl (C=O) groups excluding carboxylic acids is 1. The van der Waals surface area contributed by atoms with E-state index in [1.807, 2.05) is 53.7 Å². The normalized spacial score (nSPS) is 26.1. The summed E-state index contributed by atoms with van der Waals surface area (Å²) < 4.78 is 0. The molecule has 11 heteroatoms. The van der Waals surface area contributed by atoms with Crippen LogP contribution in [-0.2, 0) is 20.8 Å². The van der Waals surface area contributed by atoms with Crippen LogP contribution in [0.4, 0.5) is 0 Å². The number of carboxylic acids is 2. The number of nitrogens with one attached hydrogen (secondary N) is 3. The number of hydrogen-bond acceptors (Lipinski definition) is 7. The third-order valence-electron chi connectivity index (χ3n) is 9.32. The van der Waals surface area contributed by atoms with Gasteiger partial charge in [0.2, 0.25) is 5.91 Å². The molecule has 1 amide bonds. The van der Waals surface area contributed by atoms with E-state index in [1.54, 1.807) is 0 Å². The summed E-state index contributed by atoms with van der Waals surface area (Å²) in [5.74, 6) is -2.64. The van der Waals surface area contributed by atoms with Crippen LogP contribution < -0.4 is 15.7 Å². The molecule has 5 N–H and O–H groups in total. The van der Waals surface area contributed by atoms with Gasteiger partial charge in [0, 0.05) is 70.4 Å². The summed E-state index contributed by atoms with van der Waals surface area (Å²) in [6.45, 7) is 11.6. The molecular formula is C33H43N4O6S-. The molecule has 0 fully saturated rings. The van der Waals surface area contributed by atoms with Gasteiger partial charge < -0.3 is 30.9 Å². The molecule has 0 radical (unpaired) electrons. The molecule has 1 unspecified atom stereocenters. The number of amides is 1. The fourth-order valence-electron chi connectivity index (χ4n) is 6.69. The van der Waals surface area contributed by atoms with Crippen molar-refractivity contribution in [3.05, 3.63) is 56.3 Å². The minimum Gasteiger partial charge on any atom is -0.861 e. The van der Waals surface area contributed by atoms with Crippen molar-refractivity contribution in [1.29, 1.82) is 0 Å². The Morgan fingerprint density at radius 1 is 1.09 bits per heavy atom. The van der Waals surface area contributed by atoms with Crippen LogP contribution in [0, 0.1) is 24.7 Å². The largest absolute Gasteiger partial charge is 0.861 e. The predicted octanol–water partition coefficient (Wildman–Crippen LogP) is 4.34. The molecule has 238 valence electrons. The molecule has 3 aliphatic heterocycles. The van der Waals surface area contributed by atoms with Crippen LogP contribution in [0.3, 0.4) is 0 Å². The first-order valence-electron chi connectivity index (χ1n) is 15.2. The van der Waals surface area contributed by atoms with Gasteiger partial charge in [0.1, 0.15) is 0 Å². The highest BCUT2D eigenvalue weighted by Crippen LogP contribution is 2.39. The van der Waals surface area contributed by atoms with Gasteiger partial charge in [-0.05, 0) is 86.3 Å². The van der Waals surface area contributed by atoms with Crippen molar-refractivity contribution < 1.29 is 29.7 Å². The zero-order valence-electron chi connectivity index (χ0n) is 26.2. The van der Waals surface area contributed by atoms with E-state index in [2.05, 4.69) is 33.2 Å². The van der Waals surface area contributed by atoms with E-state index in [4.69, 9.17) is 0 Å². The van der Waals surface area contributed by atoms with Gasteiger partial charge in [0.25, 0.3) is 0 Å². The molecule has 4 rings (SSSR count). The monoisotopic (exact) mass is 623 g/mol. The number of carbonyl (C=O) groups is 3. The summed E-state index contributed by atoms with van der Waals surface area (Å²) >= 11 is 4.61. The lowest BCUT2D eigenvalue weighted by Gasteiger charge is -2.22. The summed E-state index contributed by atoms with van der Waals surface area (Å²) in [5.41, 5.74) is 8.39. The number of aromatic nitrogens is 1. The zero-order valence-corrected chi connectivity index (χ0v) is 27.1. The maximum Gasteiger partial charge on any atom is 0.303 e. The van der Waals surface area contributed by atoms with E-state index in [9.17, 15) is 29.7 Å². The van der Waals surface area contributed by atoms with Crippen LogP contribution in [0.15, 0.2) is 38.8 Å². The van der Waals surface area contributed by atoms with E-state index in [0.29, 0.717) is 25.0 Å². The predicted molar refractivity (Wildman–Crippen MR) is 172 cm³/mol. The molecule has 0 saturated carbocycles. The van der Waals surface area contributed by atoms with Crippen molar-refractivity contribution in [3.63, 3.8) is 0 Å². The van der Waals surface area contributed by atoms with Crippen molar-refractivity contribution >= 4 is 48.5 Å². The van der Waals surface area contributed by atoms with Crippen molar-refractivity contribution in [1.82, 2.24) is 15.6 Å². The van der Waals surface area contributed by atoms with Gasteiger partial charge in [-0.1, -0.05) is 20.8 Å². The number of carboxylic acid groups (broad SMARTS) is 2. The molecule has 0 aromatic carbocycles. The van der Waals surface area contributed by atoms with Gasteiger partial charge in [-0.2, -0.15) is 12.6 Å². The second kappa shape index (κ2) is 13.5. The van der Waals surface area contributed by atoms with Crippen molar-refractivity contribution in [3.8, 4) is 0 Å². The zero-order chi connectivity index (χ0) is 32.5. The number of nitrogens with zero attached hydrogens (tertiary/aromatic N) is 1. The highest BCUT2D eigenvalue weighted by molar-refractivity contribution is 7.80. The van der Waals surface area contributed by atoms with Crippen molar-refractivity contribution in [2.45, 2.75) is 91.4 Å². The maximum absolute atomic E-state index is 12.5. The van der Waals surface area contributed by atoms with Gasteiger partial charge in [-0.3, -0.25) is 19.4 Å². The Morgan fingerprint density at radius 2 is 1.77 bits per heavy atom. The standard InChI is InChI=1S/C33H44N4O6S/c1-7-20-15(2)25(36-33(20)43)12-23-16(3)21(8-10-29(38)39)26(34-23)14-27-22(9-11-30(40)41)17(4)24(35-27)13-28-31(19(6)44)18(5)32(42)37-28/h13-14,18-19,21,25,31,34-35,44H,7-12H2,1-6H3,(H,36,43)(H,37,42)(H,38,39)(H,40,41)/p-1/t18-,19+,21?,25-,31+/m1/s1. The van der Waals surface area contributed by atoms with Crippen LogP contribution >= 0.6 is 12.6 Å². The number of rotatable bonds is 12. The highest BCUT2D eigenvalue weighted by atomic mass is 32.1. The molecule has 0 saturated heterocycles. The minimum atomic E-state index is -0.912. The summed E-state index contributed by atoms with van der Waals surface area (Å²) in [6, 6.07) is -0.145. The molecule has 10 nitrogen and oxygen atoms in total. The second-order valence-corrected chi connectivity index (χ2v) is 13.0. The van der Waals surface area contributed by atoms with E-state index >= 15 is 0 Å². The minimum absolute atomic E-state index is 0.0165. The first-order valence-corrected chi connectivity index (χ1v) is 15.7. The molecule has 4 heterocycles. The van der Waals surface area contributed by atoms with Gasteiger partial charge in [-0.15, -0.1) is 0 Å². The van der Waals surface area contributed by atoms with E-state index in [1.165, 1.54) is 0 Å². The topological polar surface area (TPSA) is 167 Å². The number of H-pyrrole nitrogens is 1. The fourth-order valence-corrected chi connectivity index (χ4v) is 7.10. The van der Waals surface area contributed by atoms with Gasteiger partial charge in [0.05, 0.1) is 6.04 Å². The Bertz CT molecular complexity index is 1510. The Morgan fingerprint density at radius 3 is 2.36 bits per heavy atom. The fraction of sp³-hybridized carbons (Fsp3) is 0.515. The number of aliphatic imine (C=N–C) groups is 1. The molecule has 3 aliphatic rings. The molecule has 1 aromatic heterocycles. The van der Waals surface area contributed by atoms with E-state index < -0.39 is 11.9 Å². The van der Waals surface area contributed by atoms with Crippen LogP contribution in [0.25, 0.3) is 12.2 Å². The first-order chi connectivity index (χ1) is 20.7. The lowest BCUT2D eigenvalue weighted by Crippen LogP contribution is -2.30. The molecule has 44 heavy (non-hydrogen) atoms. The van der Waals surface area contributed by atoms with E-state index in [0.717, 1.165) is 50.6 Å². The summed E-state index contributed by atoms with van der Waals surface area (Å²) in [7, 11) is 0. The number of allylic oxidation sites excluding steroid dienone is 2. The molecule has 1 aromatic rings. The number of hydrogen-bond donors (Lipinski definition) is 6. The van der Waals surface area contributed by atoms with Gasteiger partial charge in [0.15, 0.2) is 0 Å². The lowest BCUT2D eigenvalue weighted by atomic mass is 9.90. The van der Waals surface area contributed by atoms with Crippen molar-refractivity contribution in [2.75, 3.05) is 0 Å². The summed E-state index contributed by atoms with van der Waals surface area (Å²) in [4.78, 5) is 43.3. The molecule has 0 spiro atoms. The third-order valence-corrected chi connectivity index (χ3v) is 9.64. The first kappa shape index (κ1) is 33.2. The molecule has 0 bridgehead atoms. The van der Waals surface area contributed by atoms with E-state index in [-0.39, 0.29) is 60.1 Å². The number of thiol groups is 1. The Hall–Kier alpha value is -3.73. The van der Waals surface area contributed by atoms with Crippen molar-refractivity contribution in [2.24, 2.45) is 22.7 Å². The number of aliphatic carboxylic acids is 2. The van der Waals surface area contributed by atoms with Crippen LogP contribution in [0.2, 0.25) is 0 Å². The van der Waals surface area contributed by atoms with Gasteiger partial charge in [-0.25, -0.2) is 0 Å². The van der Waals surface area contributed by atoms with Crippen LogP contribution in [0.5, 0.6) is 0 Å². The molecule has 0 aliphatic carbocycles. The third kappa shape index (κ3) is 6.82. The highest BCUT2D eigenvalue weighted by Gasteiger charge is 2.34. The smallest absolute Gasteiger partial charge is 0.303 e. The Balaban J connectivity index is 1.74. The SMILES string of the molecule is CCC1=C(C)[C@@H](CC2=C(C)C(CCC(=O)O)C(=Cc3[nH]c(C=C4N=C([O-])[C@H](C)[C@H]4[C@H](C)S)c(C)c3CCC(=O)O)N2)NC1=O. The second-order valence-electron chi connectivity index (χ2n) is 12.1.